The van der Waals surface area contributed by atoms with Gasteiger partial charge >= 0.3 is 0 Å². The first-order chi connectivity index (χ1) is 12.1. The average Bonchev–Trinajstić information content (AvgIpc) is 2.63. The summed E-state index contributed by atoms with van der Waals surface area (Å²) < 4.78 is 11.0. The highest BCUT2D eigenvalue weighted by Crippen LogP contribution is 2.38. The van der Waals surface area contributed by atoms with Crippen LogP contribution in [0.5, 0.6) is 11.5 Å². The first-order valence-electron chi connectivity index (χ1n) is 8.47. The Morgan fingerprint density at radius 2 is 1.84 bits per heavy atom. The minimum absolute atomic E-state index is 0.719. The third-order valence-electron chi connectivity index (χ3n) is 4.26. The Bertz CT molecular complexity index is 878. The van der Waals surface area contributed by atoms with Crippen LogP contribution >= 0.6 is 0 Å². The standard InChI is InChI=1S/C20H25N3O2/c1-23(2)11-7-10-21-19-15-8-5-6-9-17(15)22-20-16(19)12-14(24-3)13-18(20)25-4/h5-6,8-9,12-13H,7,10-11H2,1-4H3,(H,21,22). The molecule has 0 radical (unpaired) electrons. The fraction of sp³-hybridized carbons (Fsp3) is 0.350. The summed E-state index contributed by atoms with van der Waals surface area (Å²) >= 11 is 0. The number of hydrogen-bond acceptors (Lipinski definition) is 5. The van der Waals surface area contributed by atoms with Crippen molar-refractivity contribution in [3.05, 3.63) is 36.4 Å². The molecule has 0 saturated carbocycles. The van der Waals surface area contributed by atoms with Crippen LogP contribution in [0.25, 0.3) is 21.8 Å². The van der Waals surface area contributed by atoms with E-state index in [-0.39, 0.29) is 0 Å². The fourth-order valence-electron chi connectivity index (χ4n) is 3.01. The molecule has 2 aromatic carbocycles. The minimum Gasteiger partial charge on any atom is -0.497 e. The van der Waals surface area contributed by atoms with Crippen LogP contribution in [0, 0.1) is 0 Å². The summed E-state index contributed by atoms with van der Waals surface area (Å²) in [5.41, 5.74) is 2.88. The van der Waals surface area contributed by atoms with E-state index in [1.165, 1.54) is 0 Å². The summed E-state index contributed by atoms with van der Waals surface area (Å²) in [6.45, 7) is 1.93. The van der Waals surface area contributed by atoms with E-state index in [1.54, 1.807) is 14.2 Å². The number of benzene rings is 2. The van der Waals surface area contributed by atoms with Gasteiger partial charge in [-0.3, -0.25) is 0 Å². The van der Waals surface area contributed by atoms with Crippen molar-refractivity contribution in [2.45, 2.75) is 6.42 Å². The number of pyridine rings is 1. The van der Waals surface area contributed by atoms with Gasteiger partial charge in [0.25, 0.3) is 0 Å². The van der Waals surface area contributed by atoms with Crippen molar-refractivity contribution in [2.75, 3.05) is 46.7 Å². The van der Waals surface area contributed by atoms with Crippen LogP contribution in [0.1, 0.15) is 6.42 Å². The Hall–Kier alpha value is -2.53. The lowest BCUT2D eigenvalue weighted by Gasteiger charge is -2.16. The molecule has 0 bridgehead atoms. The summed E-state index contributed by atoms with van der Waals surface area (Å²) in [4.78, 5) is 7.00. The first kappa shape index (κ1) is 17.3. The Morgan fingerprint density at radius 1 is 1.04 bits per heavy atom. The minimum atomic E-state index is 0.719. The molecule has 5 nitrogen and oxygen atoms in total. The molecule has 25 heavy (non-hydrogen) atoms. The van der Waals surface area contributed by atoms with Gasteiger partial charge in [-0.2, -0.15) is 0 Å². The van der Waals surface area contributed by atoms with Gasteiger partial charge in [0, 0.05) is 23.4 Å². The SMILES string of the molecule is COc1cc(OC)c2nc3ccccc3c(NCCCN(C)C)c2c1. The number of fused-ring (bicyclic) bond motifs is 2. The molecule has 0 fully saturated rings. The third-order valence-corrected chi connectivity index (χ3v) is 4.26. The smallest absolute Gasteiger partial charge is 0.148 e. The van der Waals surface area contributed by atoms with Crippen LogP contribution in [0.2, 0.25) is 0 Å². The van der Waals surface area contributed by atoms with E-state index in [4.69, 9.17) is 14.5 Å². The first-order valence-corrected chi connectivity index (χ1v) is 8.47. The zero-order valence-electron chi connectivity index (χ0n) is 15.3. The van der Waals surface area contributed by atoms with E-state index < -0.39 is 0 Å². The van der Waals surface area contributed by atoms with Crippen molar-refractivity contribution in [3.63, 3.8) is 0 Å². The largest absolute Gasteiger partial charge is 0.497 e. The number of nitrogens with one attached hydrogen (secondary N) is 1. The van der Waals surface area contributed by atoms with Crippen LogP contribution in [0.3, 0.4) is 0 Å². The van der Waals surface area contributed by atoms with Gasteiger partial charge in [-0.15, -0.1) is 0 Å². The summed E-state index contributed by atoms with van der Waals surface area (Å²) in [6, 6.07) is 12.1. The van der Waals surface area contributed by atoms with Crippen LogP contribution in [-0.2, 0) is 0 Å². The maximum Gasteiger partial charge on any atom is 0.148 e. The molecule has 0 unspecified atom stereocenters. The highest BCUT2D eigenvalue weighted by molar-refractivity contribution is 6.09. The van der Waals surface area contributed by atoms with Gasteiger partial charge in [0.1, 0.15) is 17.0 Å². The molecule has 0 saturated heterocycles. The topological polar surface area (TPSA) is 46.6 Å². The number of ether oxygens (including phenoxy) is 2. The zero-order valence-corrected chi connectivity index (χ0v) is 15.3. The van der Waals surface area contributed by atoms with Crippen LogP contribution in [0.4, 0.5) is 5.69 Å². The lowest BCUT2D eigenvalue weighted by molar-refractivity contribution is 0.397. The van der Waals surface area contributed by atoms with Crippen LogP contribution in [-0.4, -0.2) is 51.3 Å². The predicted octanol–water partition coefficient (Wildman–Crippen LogP) is 3.77. The molecular weight excluding hydrogens is 314 g/mol. The highest BCUT2D eigenvalue weighted by atomic mass is 16.5. The van der Waals surface area contributed by atoms with E-state index >= 15 is 0 Å². The van der Waals surface area contributed by atoms with Crippen molar-refractivity contribution in [1.29, 1.82) is 0 Å². The zero-order chi connectivity index (χ0) is 17.8. The van der Waals surface area contributed by atoms with E-state index in [1.807, 2.05) is 30.3 Å². The average molecular weight is 339 g/mol. The molecule has 0 aliphatic heterocycles. The molecule has 3 rings (SSSR count). The van der Waals surface area contributed by atoms with Crippen LogP contribution in [0.15, 0.2) is 36.4 Å². The number of para-hydroxylation sites is 1. The lowest BCUT2D eigenvalue weighted by atomic mass is 10.1. The number of hydrogen-bond donors (Lipinski definition) is 1. The molecule has 0 atom stereocenters. The second kappa shape index (κ2) is 7.57. The monoisotopic (exact) mass is 339 g/mol. The molecule has 132 valence electrons. The summed E-state index contributed by atoms with van der Waals surface area (Å²) in [5.74, 6) is 1.48. The Balaban J connectivity index is 2.14. The number of rotatable bonds is 7. The maximum atomic E-state index is 5.55. The number of aromatic nitrogens is 1. The molecule has 0 amide bonds. The highest BCUT2D eigenvalue weighted by Gasteiger charge is 2.14. The van der Waals surface area contributed by atoms with Crippen molar-refractivity contribution in [3.8, 4) is 11.5 Å². The molecule has 1 heterocycles. The normalized spacial score (nSPS) is 11.2. The maximum absolute atomic E-state index is 5.55. The van der Waals surface area contributed by atoms with Gasteiger partial charge in [0.2, 0.25) is 0 Å². The molecule has 5 heteroatoms. The molecule has 1 N–H and O–H groups in total. The quantitative estimate of drug-likeness (QED) is 0.524. The van der Waals surface area contributed by atoms with Crippen molar-refractivity contribution in [2.24, 2.45) is 0 Å². The van der Waals surface area contributed by atoms with Gasteiger partial charge in [0.05, 0.1) is 25.4 Å². The van der Waals surface area contributed by atoms with Crippen molar-refractivity contribution in [1.82, 2.24) is 9.88 Å². The predicted molar refractivity (Wildman–Crippen MR) is 104 cm³/mol. The number of methoxy groups -OCH3 is 2. The molecule has 0 aliphatic carbocycles. The molecule has 0 aliphatic rings. The second-order valence-corrected chi connectivity index (χ2v) is 6.31. The van der Waals surface area contributed by atoms with Gasteiger partial charge in [-0.1, -0.05) is 18.2 Å². The van der Waals surface area contributed by atoms with E-state index in [0.29, 0.717) is 0 Å². The Labute approximate surface area is 148 Å². The van der Waals surface area contributed by atoms with Gasteiger partial charge in [-0.25, -0.2) is 4.98 Å². The van der Waals surface area contributed by atoms with E-state index in [9.17, 15) is 0 Å². The molecule has 1 aromatic heterocycles. The summed E-state index contributed by atoms with van der Waals surface area (Å²) in [5, 5.41) is 5.73. The fourth-order valence-corrected chi connectivity index (χ4v) is 3.01. The number of nitrogens with zero attached hydrogens (tertiary/aromatic N) is 2. The van der Waals surface area contributed by atoms with Gasteiger partial charge < -0.3 is 19.7 Å². The summed E-state index contributed by atoms with van der Waals surface area (Å²) in [7, 11) is 7.51. The van der Waals surface area contributed by atoms with Gasteiger partial charge in [-0.05, 0) is 39.2 Å². The van der Waals surface area contributed by atoms with E-state index in [0.717, 1.165) is 58.5 Å². The van der Waals surface area contributed by atoms with E-state index in [2.05, 4.69) is 30.4 Å². The van der Waals surface area contributed by atoms with Crippen molar-refractivity contribution >= 4 is 27.5 Å². The van der Waals surface area contributed by atoms with Gasteiger partial charge in [0.15, 0.2) is 0 Å². The third kappa shape index (κ3) is 3.61. The molecule has 0 spiro atoms. The number of anilines is 1. The lowest BCUT2D eigenvalue weighted by Crippen LogP contribution is -2.16. The Morgan fingerprint density at radius 3 is 2.56 bits per heavy atom. The summed E-state index contributed by atoms with van der Waals surface area (Å²) in [6.07, 6.45) is 1.06. The molecule has 3 aromatic rings. The van der Waals surface area contributed by atoms with Crippen LogP contribution < -0.4 is 14.8 Å². The van der Waals surface area contributed by atoms with Crippen molar-refractivity contribution < 1.29 is 9.47 Å². The molecular formula is C20H25N3O2. The Kier molecular flexibility index (Phi) is 5.24. The second-order valence-electron chi connectivity index (χ2n) is 6.31.